The lowest BCUT2D eigenvalue weighted by atomic mass is 10.2. The molecule has 5 nitrogen and oxygen atoms in total. The Bertz CT molecular complexity index is 361. The third-order valence-corrected chi connectivity index (χ3v) is 2.45. The monoisotopic (exact) mass is 216 g/mol. The minimum atomic E-state index is -4.51. The van der Waals surface area contributed by atoms with E-state index < -0.39 is 13.3 Å². The van der Waals surface area contributed by atoms with E-state index in [1.54, 1.807) is 30.3 Å². The molecule has 0 aliphatic carbocycles. The molecule has 1 unspecified atom stereocenters. The van der Waals surface area contributed by atoms with Gasteiger partial charge in [0.2, 0.25) is 0 Å². The van der Waals surface area contributed by atoms with Gasteiger partial charge in [0.25, 0.3) is 0 Å². The van der Waals surface area contributed by atoms with Crippen molar-refractivity contribution >= 4 is 13.3 Å². The second-order valence-corrected chi connectivity index (χ2v) is 4.24. The van der Waals surface area contributed by atoms with E-state index in [2.05, 4.69) is 4.52 Å². The molecule has 0 saturated carbocycles. The summed E-state index contributed by atoms with van der Waals surface area (Å²) in [6, 6.07) is 8.56. The first-order valence-electron chi connectivity index (χ1n) is 3.77. The number of carbonyl (C=O) groups is 1. The molecule has 76 valence electrons. The molecule has 0 heterocycles. The zero-order chi connectivity index (χ0) is 10.6. The normalized spacial score (nSPS) is 14.6. The molecule has 0 aromatic heterocycles. The average molecular weight is 216 g/mol. The molecule has 0 aliphatic heterocycles. The Kier molecular flexibility index (Phi) is 3.41. The van der Waals surface area contributed by atoms with Crippen molar-refractivity contribution in [1.29, 1.82) is 0 Å². The van der Waals surface area contributed by atoms with Gasteiger partial charge in [0, 0.05) is 0 Å². The number of rotatable bonds is 4. The van der Waals surface area contributed by atoms with Crippen molar-refractivity contribution in [3.05, 3.63) is 35.9 Å². The topological polar surface area (TPSA) is 83.8 Å². The summed E-state index contributed by atoms with van der Waals surface area (Å²) in [5.74, 6) is 0. The first-order valence-corrected chi connectivity index (χ1v) is 5.35. The highest BCUT2D eigenvalue weighted by Crippen LogP contribution is 2.43. The lowest BCUT2D eigenvalue weighted by Gasteiger charge is -2.06. The van der Waals surface area contributed by atoms with Gasteiger partial charge in [-0.05, 0) is 5.56 Å². The Morgan fingerprint density at radius 1 is 1.36 bits per heavy atom. The van der Waals surface area contributed by atoms with Crippen LogP contribution < -0.4 is 0 Å². The van der Waals surface area contributed by atoms with Crippen LogP contribution in [0.3, 0.4) is 0 Å². The van der Waals surface area contributed by atoms with E-state index >= 15 is 0 Å². The van der Waals surface area contributed by atoms with E-state index in [0.717, 1.165) is 0 Å². The standard InChI is InChI=1S/C8H9O5P/c9-8(10)14(11,12)13-6-7-4-2-1-3-5-7/h1-5H,6H2,(H,9,10)(H,11,12). The molecular formula is C8H9O5P. The lowest BCUT2D eigenvalue weighted by molar-refractivity contribution is 0.193. The van der Waals surface area contributed by atoms with Crippen LogP contribution in [0.2, 0.25) is 0 Å². The van der Waals surface area contributed by atoms with Crippen LogP contribution in [-0.4, -0.2) is 15.7 Å². The first kappa shape index (κ1) is 10.9. The molecule has 1 atom stereocenters. The van der Waals surface area contributed by atoms with E-state index in [1.165, 1.54) is 0 Å². The summed E-state index contributed by atoms with van der Waals surface area (Å²) in [7, 11) is -4.51. The molecule has 14 heavy (non-hydrogen) atoms. The lowest BCUT2D eigenvalue weighted by Crippen LogP contribution is -1.99. The summed E-state index contributed by atoms with van der Waals surface area (Å²) in [4.78, 5) is 19.0. The van der Waals surface area contributed by atoms with E-state index in [9.17, 15) is 9.36 Å². The molecule has 0 bridgehead atoms. The molecule has 0 amide bonds. The fourth-order valence-corrected chi connectivity index (χ4v) is 1.23. The molecule has 0 aliphatic rings. The van der Waals surface area contributed by atoms with E-state index in [4.69, 9.17) is 10.00 Å². The zero-order valence-corrected chi connectivity index (χ0v) is 8.05. The van der Waals surface area contributed by atoms with Gasteiger partial charge in [0.15, 0.2) is 0 Å². The van der Waals surface area contributed by atoms with Crippen LogP contribution in [0, 0.1) is 0 Å². The molecule has 6 heteroatoms. The first-order chi connectivity index (χ1) is 6.52. The second-order valence-electron chi connectivity index (χ2n) is 2.56. The summed E-state index contributed by atoms with van der Waals surface area (Å²) in [6.45, 7) is -0.194. The Balaban J connectivity index is 2.58. The van der Waals surface area contributed by atoms with Gasteiger partial charge >= 0.3 is 13.3 Å². The van der Waals surface area contributed by atoms with Crippen LogP contribution in [-0.2, 0) is 15.7 Å². The molecular weight excluding hydrogens is 207 g/mol. The maximum absolute atomic E-state index is 10.8. The van der Waals surface area contributed by atoms with Crippen molar-refractivity contribution in [2.24, 2.45) is 0 Å². The quantitative estimate of drug-likeness (QED) is 0.752. The number of benzene rings is 1. The van der Waals surface area contributed by atoms with Crippen molar-refractivity contribution < 1.29 is 23.9 Å². The van der Waals surface area contributed by atoms with E-state index in [0.29, 0.717) is 5.56 Å². The highest BCUT2D eigenvalue weighted by molar-refractivity contribution is 7.70. The minimum absolute atomic E-state index is 0.194. The van der Waals surface area contributed by atoms with Crippen molar-refractivity contribution in [1.82, 2.24) is 0 Å². The smallest absolute Gasteiger partial charge is 0.435 e. The Morgan fingerprint density at radius 3 is 2.43 bits per heavy atom. The molecule has 1 rings (SSSR count). The third kappa shape index (κ3) is 2.96. The maximum Gasteiger partial charge on any atom is 0.435 e. The van der Waals surface area contributed by atoms with Crippen molar-refractivity contribution in [2.75, 3.05) is 0 Å². The number of hydrogen-bond acceptors (Lipinski definition) is 3. The third-order valence-electron chi connectivity index (χ3n) is 1.49. The van der Waals surface area contributed by atoms with Gasteiger partial charge in [-0.15, -0.1) is 0 Å². The Hall–Kier alpha value is -1.16. The molecule has 2 N–H and O–H groups in total. The average Bonchev–Trinajstić information content (AvgIpc) is 2.16. The molecule has 0 fully saturated rings. The van der Waals surface area contributed by atoms with Gasteiger partial charge in [-0.2, -0.15) is 0 Å². The zero-order valence-electron chi connectivity index (χ0n) is 7.16. The van der Waals surface area contributed by atoms with Gasteiger partial charge in [-0.1, -0.05) is 30.3 Å². The molecule has 1 aromatic rings. The van der Waals surface area contributed by atoms with Crippen LogP contribution in [0.25, 0.3) is 0 Å². The van der Waals surface area contributed by atoms with Gasteiger partial charge in [-0.3, -0.25) is 4.52 Å². The SMILES string of the molecule is O=C(O)P(=O)(O)OCc1ccccc1. The summed E-state index contributed by atoms with van der Waals surface area (Å²) in [6.07, 6.45) is 0. The predicted molar refractivity (Wildman–Crippen MR) is 49.1 cm³/mol. The van der Waals surface area contributed by atoms with Crippen LogP contribution in [0.15, 0.2) is 30.3 Å². The highest BCUT2D eigenvalue weighted by atomic mass is 31.2. The van der Waals surface area contributed by atoms with Crippen LogP contribution in [0.4, 0.5) is 4.79 Å². The molecule has 0 saturated heterocycles. The van der Waals surface area contributed by atoms with Gasteiger partial charge in [0.1, 0.15) is 0 Å². The van der Waals surface area contributed by atoms with E-state index in [-0.39, 0.29) is 6.61 Å². The molecule has 0 radical (unpaired) electrons. The predicted octanol–water partition coefficient (Wildman–Crippen LogP) is 2.07. The Labute approximate surface area is 80.5 Å². The van der Waals surface area contributed by atoms with Crippen LogP contribution >= 0.6 is 7.60 Å². The fraction of sp³-hybridized carbons (Fsp3) is 0.125. The van der Waals surface area contributed by atoms with Crippen LogP contribution in [0.5, 0.6) is 0 Å². The second kappa shape index (κ2) is 4.37. The summed E-state index contributed by atoms with van der Waals surface area (Å²) in [5.41, 5.74) is -1.20. The maximum atomic E-state index is 10.8. The minimum Gasteiger partial charge on any atom is -0.472 e. The van der Waals surface area contributed by atoms with E-state index in [1.807, 2.05) is 0 Å². The van der Waals surface area contributed by atoms with Gasteiger partial charge in [-0.25, -0.2) is 9.36 Å². The fourth-order valence-electron chi connectivity index (χ4n) is 0.791. The molecule has 1 aromatic carbocycles. The van der Waals surface area contributed by atoms with Crippen molar-refractivity contribution in [2.45, 2.75) is 6.61 Å². The molecule has 0 spiro atoms. The van der Waals surface area contributed by atoms with Gasteiger partial charge < -0.3 is 10.00 Å². The van der Waals surface area contributed by atoms with Crippen LogP contribution in [0.1, 0.15) is 5.56 Å². The summed E-state index contributed by atoms with van der Waals surface area (Å²) in [5, 5.41) is 8.28. The Morgan fingerprint density at radius 2 is 1.93 bits per heavy atom. The van der Waals surface area contributed by atoms with Gasteiger partial charge in [0.05, 0.1) is 6.61 Å². The number of carboxylic acid groups (broad SMARTS) is 1. The number of hydrogen-bond donors (Lipinski definition) is 2. The van der Waals surface area contributed by atoms with Crippen molar-refractivity contribution in [3.63, 3.8) is 0 Å². The largest absolute Gasteiger partial charge is 0.472 e. The highest BCUT2D eigenvalue weighted by Gasteiger charge is 2.29. The summed E-state index contributed by atoms with van der Waals surface area (Å²) < 4.78 is 15.2. The van der Waals surface area contributed by atoms with Crippen molar-refractivity contribution in [3.8, 4) is 0 Å². The summed E-state index contributed by atoms with van der Waals surface area (Å²) >= 11 is 0.